The molecule has 0 unspecified atom stereocenters. The number of nitrogens with zero attached hydrogens (tertiary/aromatic N) is 1. The first-order chi connectivity index (χ1) is 15.7. The van der Waals surface area contributed by atoms with Gasteiger partial charge in [0.2, 0.25) is 0 Å². The van der Waals surface area contributed by atoms with Crippen molar-refractivity contribution < 1.29 is 4.42 Å². The molecule has 33 heavy (non-hydrogen) atoms. The molecular formula is C31H31NO. The maximum Gasteiger partial charge on any atom is 0.142 e. The van der Waals surface area contributed by atoms with Crippen LogP contribution in [0.1, 0.15) is 81.2 Å². The van der Waals surface area contributed by atoms with Crippen molar-refractivity contribution in [3.63, 3.8) is 0 Å². The van der Waals surface area contributed by atoms with Crippen LogP contribution in [0.15, 0.2) is 53.1 Å². The van der Waals surface area contributed by atoms with Crippen molar-refractivity contribution in [2.45, 2.75) is 65.7 Å². The van der Waals surface area contributed by atoms with Crippen molar-refractivity contribution in [3.8, 4) is 11.3 Å². The van der Waals surface area contributed by atoms with Crippen LogP contribution >= 0.6 is 0 Å². The van der Waals surface area contributed by atoms with E-state index in [1.807, 2.05) is 6.20 Å². The Kier molecular flexibility index (Phi) is 4.15. The van der Waals surface area contributed by atoms with Gasteiger partial charge in [0.15, 0.2) is 0 Å². The molecule has 0 aliphatic heterocycles. The van der Waals surface area contributed by atoms with E-state index in [0.29, 0.717) is 11.8 Å². The van der Waals surface area contributed by atoms with Crippen LogP contribution in [0.3, 0.4) is 0 Å². The SMILES string of the molecule is Cc1ccc2c3c(ccc2c1)-c1ncc(C(C)C)c2oc4c(C(C)C)ccc(c4c12)C3(C)C. The smallest absolute Gasteiger partial charge is 0.142 e. The summed E-state index contributed by atoms with van der Waals surface area (Å²) in [6.45, 7) is 15.8. The predicted molar refractivity (Wildman–Crippen MR) is 139 cm³/mol. The number of benzene rings is 3. The second kappa shape index (κ2) is 6.70. The zero-order valence-corrected chi connectivity index (χ0v) is 20.6. The first kappa shape index (κ1) is 20.5. The highest BCUT2D eigenvalue weighted by atomic mass is 16.3. The number of aromatic nitrogens is 1. The van der Waals surface area contributed by atoms with Gasteiger partial charge in [0.05, 0.1) is 11.1 Å². The summed E-state index contributed by atoms with van der Waals surface area (Å²) in [4.78, 5) is 5.12. The van der Waals surface area contributed by atoms with Gasteiger partial charge >= 0.3 is 0 Å². The summed E-state index contributed by atoms with van der Waals surface area (Å²) in [5, 5.41) is 5.04. The summed E-state index contributed by atoms with van der Waals surface area (Å²) in [6, 6.07) is 16.0. The van der Waals surface area contributed by atoms with Gasteiger partial charge in [0, 0.05) is 28.1 Å². The van der Waals surface area contributed by atoms with Gasteiger partial charge in [0.1, 0.15) is 11.2 Å². The number of aryl methyl sites for hydroxylation is 1. The molecule has 0 fully saturated rings. The lowest BCUT2D eigenvalue weighted by molar-refractivity contribution is 0.635. The summed E-state index contributed by atoms with van der Waals surface area (Å²) < 4.78 is 6.77. The van der Waals surface area contributed by atoms with Gasteiger partial charge in [-0.2, -0.15) is 0 Å². The minimum absolute atomic E-state index is 0.201. The van der Waals surface area contributed by atoms with Crippen molar-refractivity contribution in [3.05, 3.63) is 76.5 Å². The second-order valence-electron chi connectivity index (χ2n) is 10.9. The zero-order valence-electron chi connectivity index (χ0n) is 20.6. The predicted octanol–water partition coefficient (Wildman–Crippen LogP) is 9.00. The highest BCUT2D eigenvalue weighted by Crippen LogP contribution is 2.52. The number of hydrogen-bond donors (Lipinski definition) is 0. The third kappa shape index (κ3) is 2.64. The van der Waals surface area contributed by atoms with Crippen LogP contribution in [0.25, 0.3) is 44.0 Å². The fourth-order valence-electron chi connectivity index (χ4n) is 5.96. The summed E-state index contributed by atoms with van der Waals surface area (Å²) in [5.41, 5.74) is 10.6. The van der Waals surface area contributed by atoms with Crippen molar-refractivity contribution >= 4 is 32.7 Å². The number of furan rings is 1. The molecule has 0 spiro atoms. The third-order valence-corrected chi connectivity index (χ3v) is 7.67. The summed E-state index contributed by atoms with van der Waals surface area (Å²) in [6.07, 6.45) is 2.04. The van der Waals surface area contributed by atoms with Gasteiger partial charge in [-0.25, -0.2) is 0 Å². The van der Waals surface area contributed by atoms with Gasteiger partial charge in [-0.05, 0) is 46.2 Å². The standard InChI is InChI=1S/C31H31NO/c1-16(2)20-12-13-24-25-26-28(32-15-23(17(3)4)30(26)33-29(20)25)22-11-9-19-14-18(5)8-10-21(19)27(22)31(24,6)7/h8-17H,1-7H3. The molecule has 2 heteroatoms. The van der Waals surface area contributed by atoms with Crippen LogP contribution in [0.5, 0.6) is 0 Å². The van der Waals surface area contributed by atoms with E-state index in [1.54, 1.807) is 0 Å². The van der Waals surface area contributed by atoms with E-state index >= 15 is 0 Å². The lowest BCUT2D eigenvalue weighted by Crippen LogP contribution is -2.20. The molecular weight excluding hydrogens is 402 g/mol. The van der Waals surface area contributed by atoms with Crippen LogP contribution in [-0.2, 0) is 5.41 Å². The third-order valence-electron chi connectivity index (χ3n) is 7.67. The van der Waals surface area contributed by atoms with Crippen LogP contribution < -0.4 is 0 Å². The van der Waals surface area contributed by atoms with Crippen LogP contribution in [-0.4, -0.2) is 4.98 Å². The highest BCUT2D eigenvalue weighted by Gasteiger charge is 2.37. The minimum atomic E-state index is -0.201. The average molecular weight is 434 g/mol. The molecule has 0 saturated heterocycles. The normalized spacial score (nSPS) is 14.7. The lowest BCUT2D eigenvalue weighted by Gasteiger charge is -2.30. The van der Waals surface area contributed by atoms with Gasteiger partial charge in [0.25, 0.3) is 0 Å². The summed E-state index contributed by atoms with van der Waals surface area (Å²) >= 11 is 0. The Balaban J connectivity index is 1.89. The van der Waals surface area contributed by atoms with E-state index in [4.69, 9.17) is 9.40 Å². The average Bonchev–Trinajstić information content (AvgIpc) is 3.13. The molecule has 0 amide bonds. The largest absolute Gasteiger partial charge is 0.455 e. The molecule has 1 aliphatic carbocycles. The number of rotatable bonds is 2. The van der Waals surface area contributed by atoms with Gasteiger partial charge in [-0.3, -0.25) is 4.98 Å². The maximum absolute atomic E-state index is 6.77. The van der Waals surface area contributed by atoms with Crippen molar-refractivity contribution in [2.24, 2.45) is 0 Å². The fraction of sp³-hybridized carbons (Fsp3) is 0.323. The second-order valence-corrected chi connectivity index (χ2v) is 10.9. The number of fused-ring (bicyclic) bond motifs is 4. The Morgan fingerprint density at radius 3 is 2.27 bits per heavy atom. The molecule has 6 rings (SSSR count). The zero-order chi connectivity index (χ0) is 23.2. The summed E-state index contributed by atoms with van der Waals surface area (Å²) in [7, 11) is 0. The monoisotopic (exact) mass is 433 g/mol. The molecule has 1 aliphatic rings. The molecule has 166 valence electrons. The molecule has 2 heterocycles. The van der Waals surface area contributed by atoms with Crippen LogP contribution in [0.2, 0.25) is 0 Å². The van der Waals surface area contributed by atoms with E-state index in [-0.39, 0.29) is 5.41 Å². The summed E-state index contributed by atoms with van der Waals surface area (Å²) in [5.74, 6) is 0.726. The van der Waals surface area contributed by atoms with Crippen LogP contribution in [0, 0.1) is 6.92 Å². The highest BCUT2D eigenvalue weighted by molar-refractivity contribution is 6.17. The Bertz CT molecular complexity index is 1600. The molecule has 0 bridgehead atoms. The van der Waals surface area contributed by atoms with E-state index in [0.717, 1.165) is 16.9 Å². The van der Waals surface area contributed by atoms with E-state index in [9.17, 15) is 0 Å². The molecule has 0 N–H and O–H groups in total. The van der Waals surface area contributed by atoms with E-state index in [1.165, 1.54) is 54.9 Å². The van der Waals surface area contributed by atoms with Crippen molar-refractivity contribution in [1.29, 1.82) is 0 Å². The molecule has 0 atom stereocenters. The molecule has 0 radical (unpaired) electrons. The van der Waals surface area contributed by atoms with E-state index in [2.05, 4.69) is 90.9 Å². The topological polar surface area (TPSA) is 26.0 Å². The maximum atomic E-state index is 6.77. The Hall–Kier alpha value is -3.13. The quantitative estimate of drug-likeness (QED) is 0.277. The van der Waals surface area contributed by atoms with Gasteiger partial charge in [-0.15, -0.1) is 0 Å². The first-order valence-electron chi connectivity index (χ1n) is 12.1. The molecule has 2 aromatic heterocycles. The van der Waals surface area contributed by atoms with Gasteiger partial charge < -0.3 is 4.42 Å². The lowest BCUT2D eigenvalue weighted by atomic mass is 9.73. The molecule has 3 aromatic carbocycles. The van der Waals surface area contributed by atoms with Crippen molar-refractivity contribution in [2.75, 3.05) is 0 Å². The number of pyridine rings is 1. The van der Waals surface area contributed by atoms with Crippen LogP contribution in [0.4, 0.5) is 0 Å². The van der Waals surface area contributed by atoms with Gasteiger partial charge in [-0.1, -0.05) is 89.6 Å². The Morgan fingerprint density at radius 1 is 0.818 bits per heavy atom. The number of hydrogen-bond acceptors (Lipinski definition) is 2. The molecule has 2 nitrogen and oxygen atoms in total. The van der Waals surface area contributed by atoms with E-state index < -0.39 is 0 Å². The Labute approximate surface area is 195 Å². The molecule has 5 aromatic rings. The molecule has 0 saturated carbocycles. The first-order valence-corrected chi connectivity index (χ1v) is 12.1. The Morgan fingerprint density at radius 2 is 1.55 bits per heavy atom. The van der Waals surface area contributed by atoms with Crippen molar-refractivity contribution in [1.82, 2.24) is 4.98 Å². The fourth-order valence-corrected chi connectivity index (χ4v) is 5.96. The minimum Gasteiger partial charge on any atom is -0.455 e.